The second kappa shape index (κ2) is 3.91. The summed E-state index contributed by atoms with van der Waals surface area (Å²) in [7, 11) is -2.88. The SMILES string of the molecule is CCc1cnn(CCS(C)(=O)=O)c1. The zero-order valence-corrected chi connectivity index (χ0v) is 8.71. The predicted molar refractivity (Wildman–Crippen MR) is 51.3 cm³/mol. The first-order valence-electron chi connectivity index (χ1n) is 4.20. The van der Waals surface area contributed by atoms with E-state index >= 15 is 0 Å². The van der Waals surface area contributed by atoms with Gasteiger partial charge in [0.15, 0.2) is 0 Å². The molecule has 5 heteroatoms. The first-order valence-corrected chi connectivity index (χ1v) is 6.26. The molecule has 1 aromatic rings. The third kappa shape index (κ3) is 3.59. The number of nitrogens with zero attached hydrogens (tertiary/aromatic N) is 2. The summed E-state index contributed by atoms with van der Waals surface area (Å²) in [6.07, 6.45) is 5.81. The molecule has 0 atom stereocenters. The highest BCUT2D eigenvalue weighted by Gasteiger charge is 2.03. The van der Waals surface area contributed by atoms with Gasteiger partial charge in [0.2, 0.25) is 0 Å². The van der Waals surface area contributed by atoms with Crippen molar-refractivity contribution in [1.29, 1.82) is 0 Å². The summed E-state index contributed by atoms with van der Waals surface area (Å²) in [4.78, 5) is 0. The van der Waals surface area contributed by atoms with Gasteiger partial charge in [-0.3, -0.25) is 4.68 Å². The number of hydrogen-bond donors (Lipinski definition) is 0. The maximum atomic E-state index is 10.8. The largest absolute Gasteiger partial charge is 0.271 e. The van der Waals surface area contributed by atoms with E-state index in [0.717, 1.165) is 12.0 Å². The molecule has 1 aromatic heterocycles. The molecule has 4 nitrogen and oxygen atoms in total. The summed E-state index contributed by atoms with van der Waals surface area (Å²) < 4.78 is 23.3. The highest BCUT2D eigenvalue weighted by Crippen LogP contribution is 1.98. The summed E-state index contributed by atoms with van der Waals surface area (Å²) in [6.45, 7) is 2.48. The summed E-state index contributed by atoms with van der Waals surface area (Å²) in [5, 5.41) is 4.04. The lowest BCUT2D eigenvalue weighted by atomic mass is 10.3. The van der Waals surface area contributed by atoms with Crippen LogP contribution in [0.3, 0.4) is 0 Å². The van der Waals surface area contributed by atoms with Crippen molar-refractivity contribution in [3.63, 3.8) is 0 Å². The maximum Gasteiger partial charge on any atom is 0.149 e. The van der Waals surface area contributed by atoms with Gasteiger partial charge in [-0.15, -0.1) is 0 Å². The summed E-state index contributed by atoms with van der Waals surface area (Å²) >= 11 is 0. The van der Waals surface area contributed by atoms with E-state index in [4.69, 9.17) is 0 Å². The van der Waals surface area contributed by atoms with Crippen LogP contribution in [0.15, 0.2) is 12.4 Å². The number of hydrogen-bond acceptors (Lipinski definition) is 3. The molecule has 74 valence electrons. The van der Waals surface area contributed by atoms with Gasteiger partial charge in [0.25, 0.3) is 0 Å². The van der Waals surface area contributed by atoms with Crippen molar-refractivity contribution in [3.05, 3.63) is 18.0 Å². The Bertz CT molecular complexity index is 367. The molecule has 0 aliphatic heterocycles. The molecule has 0 aliphatic rings. The molecule has 0 unspecified atom stereocenters. The van der Waals surface area contributed by atoms with Crippen molar-refractivity contribution in [3.8, 4) is 0 Å². The Morgan fingerprint density at radius 2 is 2.23 bits per heavy atom. The quantitative estimate of drug-likeness (QED) is 0.714. The molecule has 1 heterocycles. The van der Waals surface area contributed by atoms with E-state index in [1.807, 2.05) is 13.1 Å². The molecule has 0 amide bonds. The Morgan fingerprint density at radius 3 is 2.69 bits per heavy atom. The molecule has 0 radical (unpaired) electrons. The molecule has 0 aliphatic carbocycles. The van der Waals surface area contributed by atoms with Crippen molar-refractivity contribution in [1.82, 2.24) is 9.78 Å². The Hall–Kier alpha value is -0.840. The molecule has 0 saturated carbocycles. The summed E-state index contributed by atoms with van der Waals surface area (Å²) in [5.41, 5.74) is 1.13. The van der Waals surface area contributed by atoms with E-state index in [0.29, 0.717) is 6.54 Å². The lowest BCUT2D eigenvalue weighted by Gasteiger charge is -1.98. The Balaban J connectivity index is 2.55. The fourth-order valence-corrected chi connectivity index (χ4v) is 1.49. The van der Waals surface area contributed by atoms with Crippen LogP contribution >= 0.6 is 0 Å². The zero-order valence-electron chi connectivity index (χ0n) is 7.90. The van der Waals surface area contributed by atoms with E-state index in [1.165, 1.54) is 6.26 Å². The average Bonchev–Trinajstić information content (AvgIpc) is 2.47. The van der Waals surface area contributed by atoms with Crippen LogP contribution in [0.1, 0.15) is 12.5 Å². The first-order chi connectivity index (χ1) is 6.01. The molecule has 0 saturated heterocycles. The Labute approximate surface area is 78.5 Å². The van der Waals surface area contributed by atoms with E-state index in [1.54, 1.807) is 10.9 Å². The minimum Gasteiger partial charge on any atom is -0.271 e. The van der Waals surface area contributed by atoms with Crippen molar-refractivity contribution in [2.45, 2.75) is 19.9 Å². The van der Waals surface area contributed by atoms with Crippen molar-refractivity contribution >= 4 is 9.84 Å². The van der Waals surface area contributed by atoms with Crippen LogP contribution in [0.2, 0.25) is 0 Å². The van der Waals surface area contributed by atoms with Gasteiger partial charge in [-0.05, 0) is 12.0 Å². The predicted octanol–water partition coefficient (Wildman–Crippen LogP) is 0.490. The molecule has 0 fully saturated rings. The van der Waals surface area contributed by atoms with Gasteiger partial charge in [0.05, 0.1) is 18.5 Å². The van der Waals surface area contributed by atoms with E-state index in [2.05, 4.69) is 5.10 Å². The van der Waals surface area contributed by atoms with Crippen LogP contribution in [0, 0.1) is 0 Å². The highest BCUT2D eigenvalue weighted by molar-refractivity contribution is 7.90. The first kappa shape index (κ1) is 10.2. The van der Waals surface area contributed by atoms with Crippen LogP contribution in [0.4, 0.5) is 0 Å². The Kier molecular flexibility index (Phi) is 3.08. The van der Waals surface area contributed by atoms with Crippen LogP contribution in [-0.2, 0) is 22.8 Å². The lowest BCUT2D eigenvalue weighted by molar-refractivity contribution is 0.586. The number of rotatable bonds is 4. The van der Waals surface area contributed by atoms with Crippen LogP contribution < -0.4 is 0 Å². The van der Waals surface area contributed by atoms with Gasteiger partial charge >= 0.3 is 0 Å². The van der Waals surface area contributed by atoms with Gasteiger partial charge in [0.1, 0.15) is 9.84 Å². The minimum atomic E-state index is -2.88. The number of sulfone groups is 1. The zero-order chi connectivity index (χ0) is 9.90. The molecular weight excluding hydrogens is 188 g/mol. The van der Waals surface area contributed by atoms with E-state index in [-0.39, 0.29) is 5.75 Å². The molecule has 0 spiro atoms. The minimum absolute atomic E-state index is 0.151. The van der Waals surface area contributed by atoms with Gasteiger partial charge in [0, 0.05) is 12.5 Å². The fourth-order valence-electron chi connectivity index (χ4n) is 0.971. The lowest BCUT2D eigenvalue weighted by Crippen LogP contribution is -2.11. The van der Waals surface area contributed by atoms with Crippen molar-refractivity contribution < 1.29 is 8.42 Å². The molecule has 0 bridgehead atoms. The number of aromatic nitrogens is 2. The van der Waals surface area contributed by atoms with Gasteiger partial charge < -0.3 is 0 Å². The molecular formula is C8H14N2O2S. The summed E-state index contributed by atoms with van der Waals surface area (Å²) in [6, 6.07) is 0. The molecule has 0 N–H and O–H groups in total. The van der Waals surface area contributed by atoms with Gasteiger partial charge in [-0.2, -0.15) is 5.10 Å². The highest BCUT2D eigenvalue weighted by atomic mass is 32.2. The van der Waals surface area contributed by atoms with Crippen LogP contribution in [0.25, 0.3) is 0 Å². The molecule has 1 rings (SSSR count). The van der Waals surface area contributed by atoms with E-state index in [9.17, 15) is 8.42 Å². The van der Waals surface area contributed by atoms with Crippen molar-refractivity contribution in [2.24, 2.45) is 0 Å². The van der Waals surface area contributed by atoms with Gasteiger partial charge in [-0.25, -0.2) is 8.42 Å². The summed E-state index contributed by atoms with van der Waals surface area (Å²) in [5.74, 6) is 0.151. The second-order valence-corrected chi connectivity index (χ2v) is 5.35. The monoisotopic (exact) mass is 202 g/mol. The average molecular weight is 202 g/mol. The molecule has 0 aromatic carbocycles. The van der Waals surface area contributed by atoms with Crippen LogP contribution in [-0.4, -0.2) is 30.2 Å². The Morgan fingerprint density at radius 1 is 1.54 bits per heavy atom. The fraction of sp³-hybridized carbons (Fsp3) is 0.625. The molecule has 13 heavy (non-hydrogen) atoms. The normalized spacial score (nSPS) is 11.8. The third-order valence-electron chi connectivity index (χ3n) is 1.79. The van der Waals surface area contributed by atoms with Gasteiger partial charge in [-0.1, -0.05) is 6.92 Å². The standard InChI is InChI=1S/C8H14N2O2S/c1-3-8-6-9-10(7-8)4-5-13(2,11)12/h6-7H,3-5H2,1-2H3. The second-order valence-electron chi connectivity index (χ2n) is 3.10. The smallest absolute Gasteiger partial charge is 0.149 e. The third-order valence-corrected chi connectivity index (χ3v) is 2.71. The van der Waals surface area contributed by atoms with Crippen molar-refractivity contribution in [2.75, 3.05) is 12.0 Å². The van der Waals surface area contributed by atoms with E-state index < -0.39 is 9.84 Å². The van der Waals surface area contributed by atoms with Crippen LogP contribution in [0.5, 0.6) is 0 Å². The topological polar surface area (TPSA) is 52.0 Å². The maximum absolute atomic E-state index is 10.8. The number of aryl methyl sites for hydroxylation is 2.